The Bertz CT molecular complexity index is 501. The lowest BCUT2D eigenvalue weighted by atomic mass is 10.2. The predicted molar refractivity (Wildman–Crippen MR) is 69.2 cm³/mol. The van der Waals surface area contributed by atoms with Crippen molar-refractivity contribution >= 4 is 0 Å². The highest BCUT2D eigenvalue weighted by atomic mass is 16.5. The molecule has 0 aromatic carbocycles. The molecule has 0 bridgehead atoms. The molecule has 1 aliphatic rings. The summed E-state index contributed by atoms with van der Waals surface area (Å²) in [7, 11) is 1.76. The zero-order valence-corrected chi connectivity index (χ0v) is 10.9. The van der Waals surface area contributed by atoms with Crippen molar-refractivity contribution in [3.05, 3.63) is 42.2 Å². The average molecular weight is 259 g/mol. The molecule has 2 aromatic heterocycles. The van der Waals surface area contributed by atoms with Gasteiger partial charge in [0.2, 0.25) is 0 Å². The highest BCUT2D eigenvalue weighted by molar-refractivity contribution is 5.10. The number of pyridine rings is 1. The van der Waals surface area contributed by atoms with E-state index in [-0.39, 0.29) is 12.1 Å². The van der Waals surface area contributed by atoms with E-state index in [1.165, 1.54) is 5.56 Å². The number of nitrogens with zero attached hydrogens (tertiary/aromatic N) is 4. The molecule has 2 aromatic rings. The van der Waals surface area contributed by atoms with Crippen LogP contribution < -0.4 is 0 Å². The topological polar surface area (TPSA) is 66.9 Å². The first-order valence-corrected chi connectivity index (χ1v) is 6.38. The SMILES string of the molecule is CO[C@@H]1C[C@@H](c2ncn[nH]2)N(Cc2cccnc2)C1. The maximum Gasteiger partial charge on any atom is 0.141 e. The fourth-order valence-corrected chi connectivity index (χ4v) is 2.59. The van der Waals surface area contributed by atoms with Crippen LogP contribution in [-0.2, 0) is 11.3 Å². The van der Waals surface area contributed by atoms with Crippen LogP contribution in [0.5, 0.6) is 0 Å². The first-order chi connectivity index (χ1) is 9.36. The van der Waals surface area contributed by atoms with E-state index in [1.54, 1.807) is 19.6 Å². The second-order valence-electron chi connectivity index (χ2n) is 4.77. The van der Waals surface area contributed by atoms with Crippen LogP contribution in [0.25, 0.3) is 0 Å². The number of methoxy groups -OCH3 is 1. The number of aromatic amines is 1. The largest absolute Gasteiger partial charge is 0.380 e. The maximum absolute atomic E-state index is 5.49. The van der Waals surface area contributed by atoms with Gasteiger partial charge in [0.1, 0.15) is 12.2 Å². The van der Waals surface area contributed by atoms with Crippen molar-refractivity contribution in [2.45, 2.75) is 25.1 Å². The molecule has 1 fully saturated rings. The molecule has 1 aliphatic heterocycles. The molecule has 100 valence electrons. The Kier molecular flexibility index (Phi) is 3.52. The first kappa shape index (κ1) is 12.3. The number of hydrogen-bond acceptors (Lipinski definition) is 5. The summed E-state index contributed by atoms with van der Waals surface area (Å²) in [5.74, 6) is 0.906. The van der Waals surface area contributed by atoms with Crippen LogP contribution in [0, 0.1) is 0 Å². The summed E-state index contributed by atoms with van der Waals surface area (Å²) in [4.78, 5) is 10.8. The number of H-pyrrole nitrogens is 1. The molecule has 0 saturated carbocycles. The molecule has 6 nitrogen and oxygen atoms in total. The monoisotopic (exact) mass is 259 g/mol. The summed E-state index contributed by atoms with van der Waals surface area (Å²) < 4.78 is 5.49. The molecule has 0 unspecified atom stereocenters. The Morgan fingerprint density at radius 2 is 2.47 bits per heavy atom. The minimum atomic E-state index is 0.229. The number of aromatic nitrogens is 4. The summed E-state index contributed by atoms with van der Waals surface area (Å²) in [6, 6.07) is 4.28. The van der Waals surface area contributed by atoms with Crippen LogP contribution >= 0.6 is 0 Å². The van der Waals surface area contributed by atoms with E-state index in [2.05, 4.69) is 31.1 Å². The van der Waals surface area contributed by atoms with E-state index < -0.39 is 0 Å². The molecule has 0 spiro atoms. The van der Waals surface area contributed by atoms with Gasteiger partial charge < -0.3 is 4.74 Å². The molecular weight excluding hydrogens is 242 g/mol. The van der Waals surface area contributed by atoms with Gasteiger partial charge in [0.05, 0.1) is 12.1 Å². The fraction of sp³-hybridized carbons (Fsp3) is 0.462. The third kappa shape index (κ3) is 2.64. The van der Waals surface area contributed by atoms with Gasteiger partial charge in [-0.25, -0.2) is 4.98 Å². The van der Waals surface area contributed by atoms with E-state index in [0.717, 1.165) is 25.3 Å². The van der Waals surface area contributed by atoms with Gasteiger partial charge in [0.25, 0.3) is 0 Å². The predicted octanol–water partition coefficient (Wildman–Crippen LogP) is 1.16. The number of nitrogens with one attached hydrogen (secondary N) is 1. The van der Waals surface area contributed by atoms with Crippen LogP contribution in [0.1, 0.15) is 23.9 Å². The van der Waals surface area contributed by atoms with Crippen LogP contribution in [0.4, 0.5) is 0 Å². The van der Waals surface area contributed by atoms with Crippen molar-refractivity contribution in [1.82, 2.24) is 25.1 Å². The van der Waals surface area contributed by atoms with Gasteiger partial charge in [-0.1, -0.05) is 6.07 Å². The Labute approximate surface area is 111 Å². The minimum absolute atomic E-state index is 0.229. The van der Waals surface area contributed by atoms with Gasteiger partial charge >= 0.3 is 0 Å². The fourth-order valence-electron chi connectivity index (χ4n) is 2.59. The lowest BCUT2D eigenvalue weighted by Gasteiger charge is -2.21. The van der Waals surface area contributed by atoms with Crippen molar-refractivity contribution in [3.8, 4) is 0 Å². The molecule has 3 heterocycles. The molecule has 6 heteroatoms. The summed E-state index contributed by atoms with van der Waals surface area (Å²) in [6.45, 7) is 1.75. The smallest absolute Gasteiger partial charge is 0.141 e. The number of likely N-dealkylation sites (tertiary alicyclic amines) is 1. The highest BCUT2D eigenvalue weighted by Gasteiger charge is 2.34. The number of rotatable bonds is 4. The Morgan fingerprint density at radius 1 is 1.53 bits per heavy atom. The molecular formula is C13H17N5O. The Hall–Kier alpha value is -1.79. The Balaban J connectivity index is 1.77. The molecule has 2 atom stereocenters. The van der Waals surface area contributed by atoms with Gasteiger partial charge in [-0.2, -0.15) is 5.10 Å². The normalized spacial score (nSPS) is 23.8. The number of ether oxygens (including phenoxy) is 1. The molecule has 1 saturated heterocycles. The van der Waals surface area contributed by atoms with Crippen LogP contribution in [0.2, 0.25) is 0 Å². The van der Waals surface area contributed by atoms with Crippen molar-refractivity contribution < 1.29 is 4.74 Å². The first-order valence-electron chi connectivity index (χ1n) is 6.38. The van der Waals surface area contributed by atoms with Crippen LogP contribution in [0.3, 0.4) is 0 Å². The Morgan fingerprint density at radius 3 is 3.16 bits per heavy atom. The maximum atomic E-state index is 5.49. The van der Waals surface area contributed by atoms with Crippen LogP contribution in [-0.4, -0.2) is 44.8 Å². The van der Waals surface area contributed by atoms with E-state index >= 15 is 0 Å². The summed E-state index contributed by atoms with van der Waals surface area (Å²) >= 11 is 0. The van der Waals surface area contributed by atoms with Gasteiger partial charge in [0, 0.05) is 32.6 Å². The minimum Gasteiger partial charge on any atom is -0.380 e. The average Bonchev–Trinajstić information content (AvgIpc) is 3.08. The summed E-state index contributed by atoms with van der Waals surface area (Å²) in [5.41, 5.74) is 1.20. The summed E-state index contributed by atoms with van der Waals surface area (Å²) in [6.07, 6.45) is 6.42. The zero-order valence-electron chi connectivity index (χ0n) is 10.9. The van der Waals surface area contributed by atoms with E-state index in [4.69, 9.17) is 4.74 Å². The number of hydrogen-bond donors (Lipinski definition) is 1. The second kappa shape index (κ2) is 5.46. The van der Waals surface area contributed by atoms with E-state index in [9.17, 15) is 0 Å². The van der Waals surface area contributed by atoms with Gasteiger partial charge in [-0.3, -0.25) is 15.0 Å². The molecule has 0 amide bonds. The van der Waals surface area contributed by atoms with Gasteiger partial charge in [-0.15, -0.1) is 0 Å². The lowest BCUT2D eigenvalue weighted by molar-refractivity contribution is 0.107. The molecule has 0 aliphatic carbocycles. The van der Waals surface area contributed by atoms with Gasteiger partial charge in [-0.05, 0) is 18.1 Å². The van der Waals surface area contributed by atoms with Gasteiger partial charge in [0.15, 0.2) is 0 Å². The molecule has 3 rings (SSSR count). The third-order valence-electron chi connectivity index (χ3n) is 3.56. The molecule has 0 radical (unpaired) electrons. The van der Waals surface area contributed by atoms with Crippen LogP contribution in [0.15, 0.2) is 30.9 Å². The quantitative estimate of drug-likeness (QED) is 0.892. The van der Waals surface area contributed by atoms with Crippen molar-refractivity contribution in [3.63, 3.8) is 0 Å². The highest BCUT2D eigenvalue weighted by Crippen LogP contribution is 2.32. The zero-order chi connectivity index (χ0) is 13.1. The molecule has 19 heavy (non-hydrogen) atoms. The van der Waals surface area contributed by atoms with Crippen molar-refractivity contribution in [2.75, 3.05) is 13.7 Å². The molecule has 1 N–H and O–H groups in total. The standard InChI is InChI=1S/C13H17N5O/c1-19-11-5-12(13-15-9-16-17-13)18(8-11)7-10-3-2-4-14-6-10/h2-4,6,9,11-12H,5,7-8H2,1H3,(H,15,16,17)/t11-,12+/m1/s1. The van der Waals surface area contributed by atoms with E-state index in [1.807, 2.05) is 12.3 Å². The summed E-state index contributed by atoms with van der Waals surface area (Å²) in [5, 5.41) is 6.91. The van der Waals surface area contributed by atoms with Crippen molar-refractivity contribution in [2.24, 2.45) is 0 Å². The lowest BCUT2D eigenvalue weighted by Crippen LogP contribution is -2.25. The third-order valence-corrected chi connectivity index (χ3v) is 3.56. The van der Waals surface area contributed by atoms with E-state index in [0.29, 0.717) is 0 Å². The van der Waals surface area contributed by atoms with Crippen molar-refractivity contribution in [1.29, 1.82) is 0 Å². The second-order valence-corrected chi connectivity index (χ2v) is 4.77.